The molecule has 0 spiro atoms. The molecule has 0 bridgehead atoms. The molecule has 0 aliphatic rings. The summed E-state index contributed by atoms with van der Waals surface area (Å²) in [7, 11) is 0. The number of rotatable bonds is 6. The third-order valence-electron chi connectivity index (χ3n) is 3.35. The molecule has 0 atom stereocenters. The zero-order valence-corrected chi connectivity index (χ0v) is 14.3. The molecule has 1 N–H and O–H groups in total. The Morgan fingerprint density at radius 3 is 2.72 bits per heavy atom. The van der Waals surface area contributed by atoms with Crippen LogP contribution in [0.5, 0.6) is 5.75 Å². The average Bonchev–Trinajstić information content (AvgIpc) is 3.09. The van der Waals surface area contributed by atoms with Crippen LogP contribution < -0.4 is 10.1 Å². The lowest BCUT2D eigenvalue weighted by Crippen LogP contribution is -2.20. The van der Waals surface area contributed by atoms with Gasteiger partial charge in [-0.15, -0.1) is 11.3 Å². The van der Waals surface area contributed by atoms with Gasteiger partial charge < -0.3 is 14.8 Å². The summed E-state index contributed by atoms with van der Waals surface area (Å²) < 4.78 is 11.3. The molecule has 0 saturated heterocycles. The van der Waals surface area contributed by atoms with Crippen molar-refractivity contribution < 1.29 is 19.1 Å². The molecule has 7 heteroatoms. The maximum atomic E-state index is 12.0. The van der Waals surface area contributed by atoms with Crippen LogP contribution in [0.2, 0.25) is 0 Å². The highest BCUT2D eigenvalue weighted by Gasteiger charge is 2.11. The lowest BCUT2D eigenvalue weighted by atomic mass is 10.2. The molecule has 128 valence electrons. The Hall–Kier alpha value is -2.93. The zero-order chi connectivity index (χ0) is 17.6. The predicted octanol–water partition coefficient (Wildman–Crippen LogP) is 3.49. The number of ether oxygens (including phenoxy) is 2. The molecular formula is C18H16N2O4S. The van der Waals surface area contributed by atoms with Gasteiger partial charge in [-0.3, -0.25) is 4.79 Å². The van der Waals surface area contributed by atoms with Crippen LogP contribution in [0.3, 0.4) is 0 Å². The summed E-state index contributed by atoms with van der Waals surface area (Å²) in [5.74, 6) is -0.223. The van der Waals surface area contributed by atoms with E-state index in [1.54, 1.807) is 48.0 Å². The highest BCUT2D eigenvalue weighted by atomic mass is 32.1. The second kappa shape index (κ2) is 7.76. The molecule has 1 heterocycles. The van der Waals surface area contributed by atoms with Crippen molar-refractivity contribution in [2.24, 2.45) is 0 Å². The molecule has 0 unspecified atom stereocenters. The summed E-state index contributed by atoms with van der Waals surface area (Å²) in [4.78, 5) is 28.1. The third kappa shape index (κ3) is 4.33. The Bertz CT molecular complexity index is 889. The number of thiazole rings is 1. The van der Waals surface area contributed by atoms with Gasteiger partial charge in [-0.05, 0) is 49.4 Å². The van der Waals surface area contributed by atoms with Gasteiger partial charge in [0.05, 0.1) is 27.9 Å². The van der Waals surface area contributed by atoms with Crippen molar-refractivity contribution in [1.82, 2.24) is 4.98 Å². The largest absolute Gasteiger partial charge is 0.494 e. The molecule has 0 fully saturated rings. The highest BCUT2D eigenvalue weighted by molar-refractivity contribution is 7.16. The SMILES string of the molecule is CCOc1ccc(NC(=O)COC(=O)c2ccc3ncsc3c2)cc1. The number of fused-ring (bicyclic) bond motifs is 1. The summed E-state index contributed by atoms with van der Waals surface area (Å²) in [5, 5.41) is 2.66. The number of benzene rings is 2. The van der Waals surface area contributed by atoms with Crippen molar-refractivity contribution in [2.75, 3.05) is 18.5 Å². The first kappa shape index (κ1) is 16.9. The fraction of sp³-hybridized carbons (Fsp3) is 0.167. The first-order chi connectivity index (χ1) is 12.2. The van der Waals surface area contributed by atoms with Gasteiger partial charge >= 0.3 is 5.97 Å². The minimum atomic E-state index is -0.544. The van der Waals surface area contributed by atoms with Crippen LogP contribution in [0, 0.1) is 0 Å². The summed E-state index contributed by atoms with van der Waals surface area (Å²) in [6.45, 7) is 2.12. The predicted molar refractivity (Wildman–Crippen MR) is 96.1 cm³/mol. The number of anilines is 1. The minimum Gasteiger partial charge on any atom is -0.494 e. The van der Waals surface area contributed by atoms with Crippen molar-refractivity contribution in [3.05, 3.63) is 53.5 Å². The summed E-state index contributed by atoms with van der Waals surface area (Å²) >= 11 is 1.44. The van der Waals surface area contributed by atoms with Gasteiger partial charge in [-0.2, -0.15) is 0 Å². The summed E-state index contributed by atoms with van der Waals surface area (Å²) in [6.07, 6.45) is 0. The molecule has 1 aromatic heterocycles. The van der Waals surface area contributed by atoms with E-state index in [0.29, 0.717) is 17.9 Å². The Labute approximate surface area is 148 Å². The number of carbonyl (C=O) groups excluding carboxylic acids is 2. The van der Waals surface area contributed by atoms with E-state index < -0.39 is 11.9 Å². The van der Waals surface area contributed by atoms with Gasteiger partial charge in [0.1, 0.15) is 5.75 Å². The van der Waals surface area contributed by atoms with Gasteiger partial charge in [0.25, 0.3) is 5.91 Å². The Morgan fingerprint density at radius 2 is 1.96 bits per heavy atom. The average molecular weight is 356 g/mol. The maximum absolute atomic E-state index is 12.0. The highest BCUT2D eigenvalue weighted by Crippen LogP contribution is 2.19. The maximum Gasteiger partial charge on any atom is 0.338 e. The Balaban J connectivity index is 1.53. The molecule has 3 aromatic rings. The fourth-order valence-electron chi connectivity index (χ4n) is 2.19. The normalized spacial score (nSPS) is 10.4. The second-order valence-corrected chi connectivity index (χ2v) is 6.00. The number of esters is 1. The van der Waals surface area contributed by atoms with Gasteiger partial charge in [-0.25, -0.2) is 9.78 Å². The van der Waals surface area contributed by atoms with E-state index >= 15 is 0 Å². The Kier molecular flexibility index (Phi) is 5.25. The van der Waals surface area contributed by atoms with Crippen LogP contribution in [-0.2, 0) is 9.53 Å². The van der Waals surface area contributed by atoms with Crippen molar-refractivity contribution in [1.29, 1.82) is 0 Å². The van der Waals surface area contributed by atoms with Crippen molar-refractivity contribution >= 4 is 39.1 Å². The molecule has 25 heavy (non-hydrogen) atoms. The molecule has 0 radical (unpaired) electrons. The first-order valence-electron chi connectivity index (χ1n) is 7.69. The number of nitrogens with zero attached hydrogens (tertiary/aromatic N) is 1. The Morgan fingerprint density at radius 1 is 1.16 bits per heavy atom. The molecule has 0 aliphatic heterocycles. The van der Waals surface area contributed by atoms with E-state index in [2.05, 4.69) is 10.3 Å². The van der Waals surface area contributed by atoms with Crippen LogP contribution in [0.1, 0.15) is 17.3 Å². The molecular weight excluding hydrogens is 340 g/mol. The molecule has 0 saturated carbocycles. The van der Waals surface area contributed by atoms with Crippen LogP contribution in [0.25, 0.3) is 10.2 Å². The number of nitrogens with one attached hydrogen (secondary N) is 1. The van der Waals surface area contributed by atoms with Gasteiger partial charge in [0, 0.05) is 5.69 Å². The smallest absolute Gasteiger partial charge is 0.338 e. The molecule has 6 nitrogen and oxygen atoms in total. The van der Waals surface area contributed by atoms with Crippen LogP contribution >= 0.6 is 11.3 Å². The van der Waals surface area contributed by atoms with E-state index in [9.17, 15) is 9.59 Å². The summed E-state index contributed by atoms with van der Waals surface area (Å²) in [6, 6.07) is 12.1. The quantitative estimate of drug-likeness (QED) is 0.684. The van der Waals surface area contributed by atoms with Gasteiger partial charge in [0.2, 0.25) is 0 Å². The third-order valence-corrected chi connectivity index (χ3v) is 4.14. The van der Waals surface area contributed by atoms with Gasteiger partial charge in [0.15, 0.2) is 6.61 Å². The topological polar surface area (TPSA) is 77.5 Å². The van der Waals surface area contributed by atoms with Crippen LogP contribution in [-0.4, -0.2) is 30.1 Å². The number of hydrogen-bond acceptors (Lipinski definition) is 6. The van der Waals surface area contributed by atoms with Crippen LogP contribution in [0.4, 0.5) is 5.69 Å². The molecule has 3 rings (SSSR count). The number of hydrogen-bond donors (Lipinski definition) is 1. The fourth-order valence-corrected chi connectivity index (χ4v) is 2.91. The molecule has 2 aromatic carbocycles. The number of aromatic nitrogens is 1. The lowest BCUT2D eigenvalue weighted by molar-refractivity contribution is -0.119. The summed E-state index contributed by atoms with van der Waals surface area (Å²) in [5.41, 5.74) is 3.54. The molecule has 1 amide bonds. The minimum absolute atomic E-state index is 0.354. The molecule has 0 aliphatic carbocycles. The van der Waals surface area contributed by atoms with Crippen molar-refractivity contribution in [2.45, 2.75) is 6.92 Å². The van der Waals surface area contributed by atoms with Gasteiger partial charge in [-0.1, -0.05) is 0 Å². The first-order valence-corrected chi connectivity index (χ1v) is 8.57. The number of carbonyl (C=O) groups is 2. The van der Waals surface area contributed by atoms with E-state index in [4.69, 9.17) is 9.47 Å². The van der Waals surface area contributed by atoms with Crippen molar-refractivity contribution in [3.63, 3.8) is 0 Å². The standard InChI is InChI=1S/C18H16N2O4S/c1-2-23-14-6-4-13(5-7-14)20-17(21)10-24-18(22)12-3-8-15-16(9-12)25-11-19-15/h3-9,11H,2,10H2,1H3,(H,20,21). The number of amides is 1. The lowest BCUT2D eigenvalue weighted by Gasteiger charge is -2.08. The zero-order valence-electron chi connectivity index (χ0n) is 13.5. The van der Waals surface area contributed by atoms with Crippen molar-refractivity contribution in [3.8, 4) is 5.75 Å². The second-order valence-electron chi connectivity index (χ2n) is 5.12. The van der Waals surface area contributed by atoms with E-state index in [1.807, 2.05) is 6.92 Å². The van der Waals surface area contributed by atoms with E-state index in [-0.39, 0.29) is 6.61 Å². The van der Waals surface area contributed by atoms with E-state index in [0.717, 1.165) is 16.0 Å². The van der Waals surface area contributed by atoms with Crippen LogP contribution in [0.15, 0.2) is 48.0 Å². The van der Waals surface area contributed by atoms with E-state index in [1.165, 1.54) is 11.3 Å². The monoisotopic (exact) mass is 356 g/mol.